The van der Waals surface area contributed by atoms with E-state index in [-0.39, 0.29) is 0 Å². The molecule has 0 saturated carbocycles. The van der Waals surface area contributed by atoms with Crippen molar-refractivity contribution in [2.75, 3.05) is 0 Å². The molecule has 0 amide bonds. The van der Waals surface area contributed by atoms with Crippen LogP contribution in [0.3, 0.4) is 0 Å². The molecule has 0 bridgehead atoms. The van der Waals surface area contributed by atoms with Gasteiger partial charge in [-0.25, -0.2) is 0 Å². The van der Waals surface area contributed by atoms with E-state index in [1.165, 1.54) is 99.1 Å². The summed E-state index contributed by atoms with van der Waals surface area (Å²) < 4.78 is 6.12. The third-order valence-corrected chi connectivity index (χ3v) is 11.8. The topological polar surface area (TPSA) is 13.1 Å². The Morgan fingerprint density at radius 1 is 0.236 bits per heavy atom. The summed E-state index contributed by atoms with van der Waals surface area (Å²) in [6.45, 7) is 0. The van der Waals surface area contributed by atoms with Gasteiger partial charge < -0.3 is 4.42 Å². The molecular weight excluding hydrogens is 665 g/mol. The molecule has 55 heavy (non-hydrogen) atoms. The van der Waals surface area contributed by atoms with E-state index in [1.807, 2.05) is 12.1 Å². The molecule has 1 heteroatoms. The van der Waals surface area contributed by atoms with E-state index in [0.717, 1.165) is 21.9 Å². The van der Waals surface area contributed by atoms with Crippen LogP contribution >= 0.6 is 0 Å². The Labute approximate surface area is 318 Å². The third kappa shape index (κ3) is 4.41. The highest BCUT2D eigenvalue weighted by atomic mass is 16.3. The molecule has 11 aromatic rings. The Kier molecular flexibility index (Phi) is 6.40. The fraction of sp³-hybridized carbons (Fsp3) is 0. The standard InChI is InChI=1S/C54H32O/c1-2-13-37-36(12-1)42-21-11-22-43-39(29-30-48(37)53(42)43)38-14-3-4-16-41(38)54-46-19-7-5-17-44(46)52(45-18-6-8-20-47(45)54)34-26-24-33(25-27-34)35-28-31-51-49(32-35)40-15-9-10-23-50(40)55-51/h1-32H. The van der Waals surface area contributed by atoms with Gasteiger partial charge in [0.1, 0.15) is 11.2 Å². The highest BCUT2D eigenvalue weighted by molar-refractivity contribution is 6.24. The van der Waals surface area contributed by atoms with Gasteiger partial charge in [-0.3, -0.25) is 0 Å². The maximum atomic E-state index is 6.12. The summed E-state index contributed by atoms with van der Waals surface area (Å²) in [6.07, 6.45) is 0. The lowest BCUT2D eigenvalue weighted by atomic mass is 9.83. The van der Waals surface area contributed by atoms with Gasteiger partial charge in [0, 0.05) is 10.8 Å². The summed E-state index contributed by atoms with van der Waals surface area (Å²) >= 11 is 0. The van der Waals surface area contributed by atoms with Crippen molar-refractivity contribution in [2.24, 2.45) is 0 Å². The number of rotatable bonds is 4. The first-order chi connectivity index (χ1) is 27.3. The zero-order valence-corrected chi connectivity index (χ0v) is 29.9. The van der Waals surface area contributed by atoms with E-state index in [2.05, 4.69) is 182 Å². The molecule has 0 atom stereocenters. The zero-order valence-electron chi connectivity index (χ0n) is 29.9. The molecule has 1 aliphatic carbocycles. The van der Waals surface area contributed by atoms with E-state index in [4.69, 9.17) is 4.42 Å². The molecule has 12 rings (SSSR count). The van der Waals surface area contributed by atoms with Gasteiger partial charge in [-0.1, -0.05) is 176 Å². The number of hydrogen-bond donors (Lipinski definition) is 0. The lowest BCUT2D eigenvalue weighted by Gasteiger charge is -2.20. The van der Waals surface area contributed by atoms with Crippen molar-refractivity contribution in [3.63, 3.8) is 0 Å². The van der Waals surface area contributed by atoms with E-state index in [1.54, 1.807) is 0 Å². The first-order valence-corrected chi connectivity index (χ1v) is 19.0. The van der Waals surface area contributed by atoms with Crippen molar-refractivity contribution < 1.29 is 4.42 Å². The van der Waals surface area contributed by atoms with Crippen LogP contribution < -0.4 is 0 Å². The van der Waals surface area contributed by atoms with Crippen LogP contribution in [0.4, 0.5) is 0 Å². The minimum Gasteiger partial charge on any atom is -0.456 e. The number of furan rings is 1. The summed E-state index contributed by atoms with van der Waals surface area (Å²) in [4.78, 5) is 0. The van der Waals surface area contributed by atoms with Gasteiger partial charge in [0.15, 0.2) is 0 Å². The van der Waals surface area contributed by atoms with Crippen LogP contribution in [0.25, 0.3) is 121 Å². The minimum absolute atomic E-state index is 0.917. The van der Waals surface area contributed by atoms with Gasteiger partial charge in [-0.15, -0.1) is 0 Å². The second-order valence-corrected chi connectivity index (χ2v) is 14.7. The zero-order chi connectivity index (χ0) is 36.0. The van der Waals surface area contributed by atoms with Crippen LogP contribution in [0, 0.1) is 0 Å². The summed E-state index contributed by atoms with van der Waals surface area (Å²) in [5.74, 6) is 0. The number of hydrogen-bond acceptors (Lipinski definition) is 1. The van der Waals surface area contributed by atoms with Crippen molar-refractivity contribution in [1.29, 1.82) is 0 Å². The fourth-order valence-corrected chi connectivity index (χ4v) is 9.44. The minimum atomic E-state index is 0.917. The fourth-order valence-electron chi connectivity index (χ4n) is 9.44. The van der Waals surface area contributed by atoms with Gasteiger partial charge in [-0.2, -0.15) is 0 Å². The van der Waals surface area contributed by atoms with Crippen LogP contribution in [0.2, 0.25) is 0 Å². The van der Waals surface area contributed by atoms with Crippen molar-refractivity contribution in [2.45, 2.75) is 0 Å². The molecule has 1 aromatic heterocycles. The smallest absolute Gasteiger partial charge is 0.135 e. The lowest BCUT2D eigenvalue weighted by molar-refractivity contribution is 0.669. The van der Waals surface area contributed by atoms with E-state index < -0.39 is 0 Å². The number of benzene rings is 10. The predicted octanol–water partition coefficient (Wildman–Crippen LogP) is 15.4. The predicted molar refractivity (Wildman–Crippen MR) is 232 cm³/mol. The highest BCUT2D eigenvalue weighted by Crippen LogP contribution is 2.51. The third-order valence-electron chi connectivity index (χ3n) is 11.8. The van der Waals surface area contributed by atoms with Crippen LogP contribution in [0.15, 0.2) is 199 Å². The average molecular weight is 697 g/mol. The van der Waals surface area contributed by atoms with Gasteiger partial charge in [0.2, 0.25) is 0 Å². The van der Waals surface area contributed by atoms with Crippen LogP contribution in [0.1, 0.15) is 0 Å². The van der Waals surface area contributed by atoms with Gasteiger partial charge in [-0.05, 0) is 117 Å². The molecule has 10 aromatic carbocycles. The molecule has 1 aliphatic rings. The van der Waals surface area contributed by atoms with Crippen molar-refractivity contribution >= 4 is 54.3 Å². The van der Waals surface area contributed by atoms with Crippen LogP contribution in [-0.2, 0) is 0 Å². The van der Waals surface area contributed by atoms with Crippen molar-refractivity contribution in [1.82, 2.24) is 0 Å². The van der Waals surface area contributed by atoms with E-state index in [9.17, 15) is 0 Å². The summed E-state index contributed by atoms with van der Waals surface area (Å²) in [7, 11) is 0. The van der Waals surface area contributed by atoms with Crippen molar-refractivity contribution in [3.8, 4) is 66.8 Å². The monoisotopic (exact) mass is 696 g/mol. The van der Waals surface area contributed by atoms with E-state index >= 15 is 0 Å². The van der Waals surface area contributed by atoms with Crippen LogP contribution in [-0.4, -0.2) is 0 Å². The maximum absolute atomic E-state index is 6.12. The normalized spacial score (nSPS) is 12.0. The van der Waals surface area contributed by atoms with Gasteiger partial charge >= 0.3 is 0 Å². The molecule has 1 nitrogen and oxygen atoms in total. The largest absolute Gasteiger partial charge is 0.456 e. The van der Waals surface area contributed by atoms with Crippen LogP contribution in [0.5, 0.6) is 0 Å². The van der Waals surface area contributed by atoms with Crippen molar-refractivity contribution in [3.05, 3.63) is 194 Å². The van der Waals surface area contributed by atoms with E-state index in [0.29, 0.717) is 0 Å². The Hall–Kier alpha value is -7.22. The average Bonchev–Trinajstić information content (AvgIpc) is 3.79. The molecule has 0 radical (unpaired) electrons. The Morgan fingerprint density at radius 3 is 1.38 bits per heavy atom. The summed E-state index contributed by atoms with van der Waals surface area (Å²) in [5.41, 5.74) is 17.0. The first kappa shape index (κ1) is 30.3. The molecule has 1 heterocycles. The lowest BCUT2D eigenvalue weighted by Crippen LogP contribution is -1.93. The highest BCUT2D eigenvalue weighted by Gasteiger charge is 2.24. The molecule has 0 saturated heterocycles. The van der Waals surface area contributed by atoms with Gasteiger partial charge in [0.25, 0.3) is 0 Å². The Balaban J connectivity index is 1.04. The maximum Gasteiger partial charge on any atom is 0.135 e. The molecule has 254 valence electrons. The second-order valence-electron chi connectivity index (χ2n) is 14.7. The molecule has 0 unspecified atom stereocenters. The summed E-state index contributed by atoms with van der Waals surface area (Å²) in [6, 6.07) is 71.1. The number of fused-ring (bicyclic) bond motifs is 8. The quantitative estimate of drug-likeness (QED) is 0.167. The second kappa shape index (κ2) is 11.6. The van der Waals surface area contributed by atoms with Gasteiger partial charge in [0.05, 0.1) is 0 Å². The number of para-hydroxylation sites is 1. The summed E-state index contributed by atoms with van der Waals surface area (Å²) in [5, 5.41) is 9.95. The molecule has 0 N–H and O–H groups in total. The first-order valence-electron chi connectivity index (χ1n) is 19.0. The Bertz CT molecular complexity index is 3270. The Morgan fingerprint density at radius 2 is 0.691 bits per heavy atom. The molecule has 0 aliphatic heterocycles. The molecule has 0 spiro atoms. The molecular formula is C54H32O. The molecule has 0 fully saturated rings. The SMILES string of the molecule is c1ccc(-c2ccc3c4c(cccc24)-c2ccccc2-3)c(-c2c3ccccc3c(-c3ccc(-c4ccc5oc6ccccc6c5c4)cc3)c3ccccc23)c1.